The second kappa shape index (κ2) is 2.20. The molecule has 6 heteroatoms. The Morgan fingerprint density at radius 2 is 1.60 bits per heavy atom. The first kappa shape index (κ1) is 9.01. The topological polar surface area (TPSA) is 0 Å². The Bertz CT molecular complexity index is 185. The van der Waals surface area contributed by atoms with Gasteiger partial charge in [0.15, 0.2) is 5.83 Å². The maximum absolute atomic E-state index is 12.6. The second-order valence-electron chi connectivity index (χ2n) is 1.78. The van der Waals surface area contributed by atoms with Crippen LogP contribution in [-0.2, 0) is 0 Å². The Balaban J connectivity index is 3.10. The summed E-state index contributed by atoms with van der Waals surface area (Å²) in [5, 5.41) is 0. The zero-order valence-electron chi connectivity index (χ0n) is 4.27. The van der Waals surface area contributed by atoms with E-state index >= 15 is 0 Å². The van der Waals surface area contributed by atoms with Gasteiger partial charge in [0.05, 0.1) is 3.58 Å². The molecule has 0 amide bonds. The number of hydrogen-bond donors (Lipinski definition) is 0. The van der Waals surface area contributed by atoms with Crippen LogP contribution in [0.25, 0.3) is 0 Å². The molecule has 0 bridgehead atoms. The quantitative estimate of drug-likeness (QED) is 0.345. The largest absolute Gasteiger partial charge is 0.346 e. The number of allylic oxidation sites excluding steroid dienone is 2. The van der Waals surface area contributed by atoms with Crippen molar-refractivity contribution in [3.63, 3.8) is 0 Å². The molecule has 0 unspecified atom stereocenters. The Hall–Kier alpha value is 0.920. The van der Waals surface area contributed by atoms with Crippen LogP contribution in [0.15, 0.2) is 9.41 Å². The lowest BCUT2D eigenvalue weighted by atomic mass is 10.0. The lowest BCUT2D eigenvalue weighted by Gasteiger charge is -2.35. The van der Waals surface area contributed by atoms with E-state index in [1.165, 1.54) is 22.6 Å². The average Bonchev–Trinajstić information content (AvgIpc) is 1.84. The van der Waals surface area contributed by atoms with Gasteiger partial charge in [-0.2, -0.15) is 8.78 Å². The minimum atomic E-state index is -3.93. The van der Waals surface area contributed by atoms with Crippen molar-refractivity contribution in [2.45, 2.75) is 9.60 Å². The van der Waals surface area contributed by atoms with Gasteiger partial charge < -0.3 is 0 Å². The van der Waals surface area contributed by atoms with Crippen molar-refractivity contribution >= 4 is 45.2 Å². The van der Waals surface area contributed by atoms with Gasteiger partial charge in [-0.15, -0.1) is 0 Å². The third-order valence-electron chi connectivity index (χ3n) is 1.14. The van der Waals surface area contributed by atoms with Crippen molar-refractivity contribution in [1.29, 1.82) is 0 Å². The molecule has 0 radical (unpaired) electrons. The van der Waals surface area contributed by atoms with E-state index in [4.69, 9.17) is 0 Å². The predicted molar refractivity (Wildman–Crippen MR) is 45.0 cm³/mol. The average molecular weight is 378 g/mol. The molecular weight excluding hydrogens is 378 g/mol. The van der Waals surface area contributed by atoms with Crippen LogP contribution in [-0.4, -0.2) is 9.60 Å². The molecule has 58 valence electrons. The van der Waals surface area contributed by atoms with Gasteiger partial charge in [0, 0.05) is 0 Å². The number of hydrogen-bond acceptors (Lipinski definition) is 0. The second-order valence-corrected chi connectivity index (χ2v) is 4.34. The van der Waals surface area contributed by atoms with Gasteiger partial charge >= 0.3 is 5.92 Å². The zero-order valence-corrected chi connectivity index (χ0v) is 8.58. The Morgan fingerprint density at radius 3 is 1.70 bits per heavy atom. The fraction of sp³-hybridized carbons (Fsp3) is 0.500. The summed E-state index contributed by atoms with van der Waals surface area (Å²) in [5.74, 6) is -5.57. The van der Waals surface area contributed by atoms with E-state index in [0.29, 0.717) is 0 Å². The SMILES string of the molecule is FC1=C(I)[C@](F)(I)C1(F)F. The summed E-state index contributed by atoms with van der Waals surface area (Å²) in [6, 6.07) is 0. The summed E-state index contributed by atoms with van der Waals surface area (Å²) in [6.45, 7) is 0. The highest BCUT2D eigenvalue weighted by Crippen LogP contribution is 2.61. The standard InChI is InChI=1S/C4F4I2/c5-1-2(9)4(8,10)3(1,6)7/t4-/m0/s1. The van der Waals surface area contributed by atoms with Crippen LogP contribution in [0.1, 0.15) is 0 Å². The predicted octanol–water partition coefficient (Wildman–Crippen LogP) is 3.35. The third-order valence-corrected chi connectivity index (χ3v) is 4.60. The van der Waals surface area contributed by atoms with Crippen molar-refractivity contribution in [3.05, 3.63) is 9.41 Å². The minimum absolute atomic E-state index is 0.546. The summed E-state index contributed by atoms with van der Waals surface area (Å²) in [4.78, 5) is 0. The molecule has 0 aromatic heterocycles. The van der Waals surface area contributed by atoms with E-state index in [0.717, 1.165) is 22.6 Å². The van der Waals surface area contributed by atoms with E-state index < -0.39 is 19.0 Å². The van der Waals surface area contributed by atoms with Crippen LogP contribution in [0, 0.1) is 0 Å². The van der Waals surface area contributed by atoms with Crippen LogP contribution >= 0.6 is 45.2 Å². The molecule has 10 heavy (non-hydrogen) atoms. The summed E-state index contributed by atoms with van der Waals surface area (Å²) in [7, 11) is 0. The highest BCUT2D eigenvalue weighted by Gasteiger charge is 2.69. The van der Waals surface area contributed by atoms with Gasteiger partial charge in [0.1, 0.15) is 0 Å². The Morgan fingerprint density at radius 1 is 1.20 bits per heavy atom. The summed E-state index contributed by atoms with van der Waals surface area (Å²) < 4.78 is 45.5. The molecule has 1 aliphatic rings. The molecule has 0 spiro atoms. The van der Waals surface area contributed by atoms with Gasteiger partial charge in [-0.3, -0.25) is 0 Å². The maximum atomic E-state index is 12.6. The first-order valence-corrected chi connectivity index (χ1v) is 4.29. The maximum Gasteiger partial charge on any atom is 0.346 e. The monoisotopic (exact) mass is 378 g/mol. The van der Waals surface area contributed by atoms with Gasteiger partial charge in [-0.05, 0) is 45.2 Å². The van der Waals surface area contributed by atoms with Crippen molar-refractivity contribution in [3.8, 4) is 0 Å². The van der Waals surface area contributed by atoms with Crippen LogP contribution in [0.3, 0.4) is 0 Å². The number of halogens is 6. The van der Waals surface area contributed by atoms with Crippen molar-refractivity contribution in [2.75, 3.05) is 0 Å². The molecule has 0 saturated heterocycles. The minimum Gasteiger partial charge on any atom is -0.219 e. The number of rotatable bonds is 0. The van der Waals surface area contributed by atoms with Crippen molar-refractivity contribution < 1.29 is 17.6 Å². The van der Waals surface area contributed by atoms with Gasteiger partial charge in [0.2, 0.25) is 0 Å². The molecule has 0 aromatic rings. The van der Waals surface area contributed by atoms with Gasteiger partial charge in [-0.25, -0.2) is 8.78 Å². The lowest BCUT2D eigenvalue weighted by molar-refractivity contribution is -0.0736. The van der Waals surface area contributed by atoms with E-state index in [9.17, 15) is 17.6 Å². The summed E-state index contributed by atoms with van der Waals surface area (Å²) in [6.07, 6.45) is 0. The highest BCUT2D eigenvalue weighted by atomic mass is 127. The van der Waals surface area contributed by atoms with E-state index in [1.54, 1.807) is 0 Å². The van der Waals surface area contributed by atoms with Crippen LogP contribution in [0.5, 0.6) is 0 Å². The first-order chi connectivity index (χ1) is 4.32. The third kappa shape index (κ3) is 0.833. The van der Waals surface area contributed by atoms with Crippen LogP contribution < -0.4 is 0 Å². The van der Waals surface area contributed by atoms with Crippen LogP contribution in [0.2, 0.25) is 0 Å². The Kier molecular flexibility index (Phi) is 1.99. The van der Waals surface area contributed by atoms with E-state index in [2.05, 4.69) is 0 Å². The zero-order chi connectivity index (χ0) is 8.15. The van der Waals surface area contributed by atoms with Gasteiger partial charge in [-0.1, -0.05) is 0 Å². The summed E-state index contributed by atoms with van der Waals surface area (Å²) in [5.41, 5.74) is 0. The molecule has 0 aromatic carbocycles. The normalized spacial score (nSPS) is 37.8. The Labute approximate surface area is 81.3 Å². The van der Waals surface area contributed by atoms with Crippen molar-refractivity contribution in [1.82, 2.24) is 0 Å². The van der Waals surface area contributed by atoms with E-state index in [1.807, 2.05) is 0 Å². The van der Waals surface area contributed by atoms with Crippen molar-refractivity contribution in [2.24, 2.45) is 0 Å². The fourth-order valence-electron chi connectivity index (χ4n) is 0.489. The van der Waals surface area contributed by atoms with Gasteiger partial charge in [0.25, 0.3) is 3.68 Å². The molecule has 0 aliphatic heterocycles. The van der Waals surface area contributed by atoms with E-state index in [-0.39, 0.29) is 0 Å². The van der Waals surface area contributed by atoms with Crippen LogP contribution in [0.4, 0.5) is 17.6 Å². The fourth-order valence-corrected chi connectivity index (χ4v) is 1.64. The molecule has 0 nitrogen and oxygen atoms in total. The summed E-state index contributed by atoms with van der Waals surface area (Å²) >= 11 is 2.12. The molecule has 1 aliphatic carbocycles. The first-order valence-electron chi connectivity index (χ1n) is 2.13. The molecule has 1 atom stereocenters. The molecule has 0 saturated carbocycles. The molecule has 1 rings (SSSR count). The smallest absolute Gasteiger partial charge is 0.219 e. The molecule has 0 heterocycles. The molecule has 0 fully saturated rings. The molecule has 0 N–H and O–H groups in total. The highest BCUT2D eigenvalue weighted by molar-refractivity contribution is 14.1. The molecular formula is C4F4I2. The number of alkyl halides is 4. The lowest BCUT2D eigenvalue weighted by Crippen LogP contribution is -2.49.